The van der Waals surface area contributed by atoms with E-state index in [0.29, 0.717) is 10.9 Å². The number of hydrogen-bond acceptors (Lipinski definition) is 4. The fraction of sp³-hybridized carbons (Fsp3) is 0.444. The highest BCUT2D eigenvalue weighted by Crippen LogP contribution is 2.29. The first-order chi connectivity index (χ1) is 11.2. The fourth-order valence-corrected chi connectivity index (χ4v) is 4.41. The molecule has 0 aliphatic carbocycles. The van der Waals surface area contributed by atoms with Crippen molar-refractivity contribution in [2.75, 3.05) is 19.6 Å². The smallest absolute Gasteiger partial charge is 0.280 e. The molecule has 4 nitrogen and oxygen atoms in total. The third-order valence-electron chi connectivity index (χ3n) is 5.01. The van der Waals surface area contributed by atoms with Crippen LogP contribution in [0.1, 0.15) is 28.2 Å². The number of hydrogen-bond donors (Lipinski definition) is 1. The molecule has 2 aromatic rings. The van der Waals surface area contributed by atoms with E-state index in [1.807, 2.05) is 0 Å². The zero-order valence-electron chi connectivity index (χ0n) is 13.3. The lowest BCUT2D eigenvalue weighted by molar-refractivity contribution is 0.0620. The van der Waals surface area contributed by atoms with Crippen LogP contribution in [-0.4, -0.2) is 41.5 Å². The van der Waals surface area contributed by atoms with Gasteiger partial charge in [0.05, 0.1) is 4.88 Å². The topological polar surface area (TPSA) is 45.2 Å². The molecule has 1 unspecified atom stereocenters. The standard InChI is InChI=1S/C18H21N3OS/c1-12-2-4-14(5-3-12)16-10-19-18(23-16)17(22)20-15-11-21-8-6-13(15)7-9-21/h2-5,10,13,15H,6-9,11H2,1H3,(H,20,22). The molecule has 4 heterocycles. The maximum atomic E-state index is 12.5. The van der Waals surface area contributed by atoms with E-state index in [0.717, 1.165) is 17.0 Å². The lowest BCUT2D eigenvalue weighted by Crippen LogP contribution is -2.57. The summed E-state index contributed by atoms with van der Waals surface area (Å²) in [6.45, 7) is 5.44. The van der Waals surface area contributed by atoms with Crippen LogP contribution in [0.4, 0.5) is 0 Å². The molecule has 2 bridgehead atoms. The van der Waals surface area contributed by atoms with E-state index in [2.05, 4.69) is 46.4 Å². The average molecular weight is 327 g/mol. The minimum Gasteiger partial charge on any atom is -0.346 e. The largest absolute Gasteiger partial charge is 0.346 e. The van der Waals surface area contributed by atoms with Gasteiger partial charge in [-0.2, -0.15) is 0 Å². The van der Waals surface area contributed by atoms with Gasteiger partial charge in [-0.1, -0.05) is 29.8 Å². The van der Waals surface area contributed by atoms with E-state index < -0.39 is 0 Å². The molecule has 0 spiro atoms. The molecule has 1 amide bonds. The number of thiazole rings is 1. The molecule has 3 saturated heterocycles. The van der Waals surface area contributed by atoms with Crippen molar-refractivity contribution in [3.05, 3.63) is 41.0 Å². The molecule has 1 N–H and O–H groups in total. The van der Waals surface area contributed by atoms with Gasteiger partial charge in [-0.3, -0.25) is 4.79 Å². The Balaban J connectivity index is 1.46. The van der Waals surface area contributed by atoms with Gasteiger partial charge in [0, 0.05) is 18.8 Å². The van der Waals surface area contributed by atoms with Gasteiger partial charge in [0.25, 0.3) is 5.91 Å². The van der Waals surface area contributed by atoms with Gasteiger partial charge in [-0.05, 0) is 44.3 Å². The second-order valence-corrected chi connectivity index (χ2v) is 7.64. The molecular weight excluding hydrogens is 306 g/mol. The van der Waals surface area contributed by atoms with Gasteiger partial charge < -0.3 is 10.2 Å². The lowest BCUT2D eigenvalue weighted by Gasteiger charge is -2.44. The third kappa shape index (κ3) is 3.03. The van der Waals surface area contributed by atoms with E-state index in [4.69, 9.17) is 0 Å². The Bertz CT molecular complexity index is 701. The molecule has 3 aliphatic rings. The number of amides is 1. The Morgan fingerprint density at radius 1 is 1.26 bits per heavy atom. The first kappa shape index (κ1) is 14.8. The minimum atomic E-state index is -0.0212. The Labute approximate surface area is 140 Å². The lowest BCUT2D eigenvalue weighted by atomic mass is 9.84. The van der Waals surface area contributed by atoms with Crippen LogP contribution in [0.5, 0.6) is 0 Å². The highest BCUT2D eigenvalue weighted by Gasteiger charge is 2.35. The molecule has 1 aromatic heterocycles. The van der Waals surface area contributed by atoms with Crippen LogP contribution in [0, 0.1) is 12.8 Å². The van der Waals surface area contributed by atoms with E-state index in [9.17, 15) is 4.79 Å². The quantitative estimate of drug-likeness (QED) is 0.943. The average Bonchev–Trinajstić information content (AvgIpc) is 3.07. The van der Waals surface area contributed by atoms with Crippen LogP contribution in [0.3, 0.4) is 0 Å². The number of benzene rings is 1. The van der Waals surface area contributed by atoms with Gasteiger partial charge in [0.2, 0.25) is 0 Å². The summed E-state index contributed by atoms with van der Waals surface area (Å²) in [7, 11) is 0. The molecule has 3 aliphatic heterocycles. The Morgan fingerprint density at radius 2 is 2.00 bits per heavy atom. The molecule has 120 valence electrons. The van der Waals surface area contributed by atoms with Crippen LogP contribution in [-0.2, 0) is 0 Å². The predicted molar refractivity (Wildman–Crippen MR) is 92.7 cm³/mol. The Hall–Kier alpha value is -1.72. The first-order valence-corrected chi connectivity index (χ1v) is 9.07. The number of carbonyl (C=O) groups is 1. The van der Waals surface area contributed by atoms with Crippen LogP contribution >= 0.6 is 11.3 Å². The maximum Gasteiger partial charge on any atom is 0.280 e. The second-order valence-electron chi connectivity index (χ2n) is 6.61. The van der Waals surface area contributed by atoms with Crippen molar-refractivity contribution in [2.24, 2.45) is 5.92 Å². The summed E-state index contributed by atoms with van der Waals surface area (Å²) >= 11 is 1.47. The molecule has 3 fully saturated rings. The van der Waals surface area contributed by atoms with E-state index >= 15 is 0 Å². The molecule has 0 radical (unpaired) electrons. The molecular formula is C18H21N3OS. The van der Waals surface area contributed by atoms with Crippen LogP contribution < -0.4 is 5.32 Å². The van der Waals surface area contributed by atoms with Crippen LogP contribution in [0.15, 0.2) is 30.5 Å². The molecule has 0 saturated carbocycles. The fourth-order valence-electron chi connectivity index (χ4n) is 3.59. The van der Waals surface area contributed by atoms with E-state index in [1.165, 1.54) is 42.8 Å². The first-order valence-electron chi connectivity index (χ1n) is 8.25. The van der Waals surface area contributed by atoms with Crippen molar-refractivity contribution in [1.29, 1.82) is 0 Å². The van der Waals surface area contributed by atoms with Crippen LogP contribution in [0.25, 0.3) is 10.4 Å². The zero-order valence-corrected chi connectivity index (χ0v) is 14.1. The number of aryl methyl sites for hydroxylation is 1. The highest BCUT2D eigenvalue weighted by molar-refractivity contribution is 7.16. The van der Waals surface area contributed by atoms with Crippen molar-refractivity contribution in [3.8, 4) is 10.4 Å². The summed E-state index contributed by atoms with van der Waals surface area (Å²) in [4.78, 5) is 20.3. The van der Waals surface area contributed by atoms with Gasteiger partial charge in [-0.15, -0.1) is 11.3 Å². The Morgan fingerprint density at radius 3 is 2.65 bits per heavy atom. The number of fused-ring (bicyclic) bond motifs is 3. The van der Waals surface area contributed by atoms with Crippen molar-refractivity contribution in [3.63, 3.8) is 0 Å². The maximum absolute atomic E-state index is 12.5. The molecule has 5 heteroatoms. The number of piperidine rings is 3. The van der Waals surface area contributed by atoms with Crippen molar-refractivity contribution in [1.82, 2.24) is 15.2 Å². The number of aromatic nitrogens is 1. The monoisotopic (exact) mass is 327 g/mol. The minimum absolute atomic E-state index is 0.0212. The summed E-state index contributed by atoms with van der Waals surface area (Å²) in [5.74, 6) is 0.618. The second kappa shape index (κ2) is 6.06. The summed E-state index contributed by atoms with van der Waals surface area (Å²) in [5.41, 5.74) is 2.36. The Kier molecular flexibility index (Phi) is 3.91. The normalized spacial score (nSPS) is 26.2. The summed E-state index contributed by atoms with van der Waals surface area (Å²) in [6, 6.07) is 8.62. The summed E-state index contributed by atoms with van der Waals surface area (Å²) < 4.78 is 0. The number of rotatable bonds is 3. The molecule has 1 atom stereocenters. The number of nitrogens with zero attached hydrogens (tertiary/aromatic N) is 2. The van der Waals surface area contributed by atoms with Gasteiger partial charge in [-0.25, -0.2) is 4.98 Å². The highest BCUT2D eigenvalue weighted by atomic mass is 32.1. The van der Waals surface area contributed by atoms with E-state index in [1.54, 1.807) is 6.20 Å². The number of nitrogens with one attached hydrogen (secondary N) is 1. The zero-order chi connectivity index (χ0) is 15.8. The summed E-state index contributed by atoms with van der Waals surface area (Å²) in [6.07, 6.45) is 4.22. The van der Waals surface area contributed by atoms with Crippen molar-refractivity contribution in [2.45, 2.75) is 25.8 Å². The van der Waals surface area contributed by atoms with Crippen molar-refractivity contribution >= 4 is 17.2 Å². The molecule has 1 aromatic carbocycles. The molecule has 5 rings (SSSR count). The van der Waals surface area contributed by atoms with Crippen molar-refractivity contribution < 1.29 is 4.79 Å². The van der Waals surface area contributed by atoms with Crippen LogP contribution in [0.2, 0.25) is 0 Å². The summed E-state index contributed by atoms with van der Waals surface area (Å²) in [5, 5.41) is 3.77. The molecule has 23 heavy (non-hydrogen) atoms. The van der Waals surface area contributed by atoms with Gasteiger partial charge >= 0.3 is 0 Å². The van der Waals surface area contributed by atoms with E-state index in [-0.39, 0.29) is 11.9 Å². The third-order valence-corrected chi connectivity index (χ3v) is 6.05. The van der Waals surface area contributed by atoms with Gasteiger partial charge in [0.15, 0.2) is 5.01 Å². The number of carbonyl (C=O) groups excluding carboxylic acids is 1. The SMILES string of the molecule is Cc1ccc(-c2cnc(C(=O)NC3CN4CCC3CC4)s2)cc1. The predicted octanol–water partition coefficient (Wildman–Crippen LogP) is 2.94. The van der Waals surface area contributed by atoms with Gasteiger partial charge in [0.1, 0.15) is 0 Å².